The van der Waals surface area contributed by atoms with Crippen LogP contribution in [0.5, 0.6) is 11.5 Å². The molecule has 0 saturated carbocycles. The van der Waals surface area contributed by atoms with Gasteiger partial charge in [-0.25, -0.2) is 9.79 Å². The van der Waals surface area contributed by atoms with Crippen LogP contribution >= 0.6 is 38.9 Å². The third-order valence-corrected chi connectivity index (χ3v) is 8.52. The molecule has 0 unspecified atom stereocenters. The second-order valence-electron chi connectivity index (χ2n) is 10.2. The van der Waals surface area contributed by atoms with Crippen molar-refractivity contribution in [2.24, 2.45) is 4.99 Å². The monoisotopic (exact) mass is 691 g/mol. The van der Waals surface area contributed by atoms with Gasteiger partial charge in [0.25, 0.3) is 5.56 Å². The molecule has 1 aromatic heterocycles. The number of carbonyl (C=O) groups excluding carboxylic acids is 1. The van der Waals surface area contributed by atoms with Gasteiger partial charge in [-0.3, -0.25) is 9.36 Å². The molecule has 3 aromatic carbocycles. The smallest absolute Gasteiger partial charge is 0.338 e. The Hall–Kier alpha value is -4.17. The predicted octanol–water partition coefficient (Wildman–Crippen LogP) is 6.06. The molecule has 1 aliphatic rings. The summed E-state index contributed by atoms with van der Waals surface area (Å²) in [5, 5.41) is 9.54. The molecule has 0 saturated heterocycles. The summed E-state index contributed by atoms with van der Waals surface area (Å²) in [5.74, 6) is 0.466. The molecule has 0 spiro atoms. The number of aromatic nitrogens is 1. The van der Waals surface area contributed by atoms with Crippen LogP contribution in [-0.2, 0) is 16.1 Å². The van der Waals surface area contributed by atoms with E-state index < -0.39 is 12.0 Å². The average Bonchev–Trinajstić information content (AvgIpc) is 3.29. The zero-order chi connectivity index (χ0) is 31.5. The van der Waals surface area contributed by atoms with Gasteiger partial charge in [0.1, 0.15) is 24.1 Å². The standard InChI is InChI=1S/C33H27BrClN3O5S/c1-18(2)43-32(40)29-19(3)37-33-38(30(29)25-15-23(34)9-11-27(25)41-4)31(39)28(44-33)14-22-13-24(35)10-12-26(22)42-17-21-7-5-20(16-36)6-8-21/h5-15,18,30H,17H2,1-4H3/b28-14-/t30-/m1/s1. The maximum Gasteiger partial charge on any atom is 0.338 e. The van der Waals surface area contributed by atoms with Gasteiger partial charge in [0.05, 0.1) is 40.6 Å². The Morgan fingerprint density at radius 2 is 1.89 bits per heavy atom. The highest BCUT2D eigenvalue weighted by atomic mass is 79.9. The van der Waals surface area contributed by atoms with Crippen molar-refractivity contribution in [3.8, 4) is 17.6 Å². The number of halogens is 2. The SMILES string of the molecule is COc1ccc(Br)cc1[C@@H]1C(C(=O)OC(C)C)=C(C)N=c2s/c(=C\c3cc(Cl)ccc3OCc3ccc(C#N)cc3)c(=O)n21. The third-order valence-electron chi connectivity index (χ3n) is 6.81. The second kappa shape index (κ2) is 13.2. The highest BCUT2D eigenvalue weighted by Crippen LogP contribution is 2.37. The molecule has 4 aromatic rings. The molecular formula is C33H27BrClN3O5S. The molecule has 1 atom stereocenters. The average molecular weight is 693 g/mol. The van der Waals surface area contributed by atoms with Gasteiger partial charge in [-0.05, 0) is 80.9 Å². The highest BCUT2D eigenvalue weighted by Gasteiger charge is 2.35. The lowest BCUT2D eigenvalue weighted by molar-refractivity contribution is -0.143. The van der Waals surface area contributed by atoms with E-state index in [1.807, 2.05) is 24.3 Å². The van der Waals surface area contributed by atoms with Crippen molar-refractivity contribution in [3.63, 3.8) is 0 Å². The van der Waals surface area contributed by atoms with Crippen molar-refractivity contribution >= 4 is 50.9 Å². The Morgan fingerprint density at radius 1 is 1.16 bits per heavy atom. The molecular weight excluding hydrogens is 666 g/mol. The highest BCUT2D eigenvalue weighted by molar-refractivity contribution is 9.10. The van der Waals surface area contributed by atoms with Crippen LogP contribution in [0.15, 0.2) is 86.2 Å². The topological polar surface area (TPSA) is 103 Å². The summed E-state index contributed by atoms with van der Waals surface area (Å²) in [6.45, 7) is 5.52. The number of hydrogen-bond acceptors (Lipinski definition) is 8. The fraction of sp³-hybridized carbons (Fsp3) is 0.212. The van der Waals surface area contributed by atoms with Crippen LogP contribution in [0.25, 0.3) is 6.08 Å². The van der Waals surface area contributed by atoms with Crippen molar-refractivity contribution in [3.05, 3.63) is 123 Å². The van der Waals surface area contributed by atoms with E-state index in [0.29, 0.717) is 48.2 Å². The Bertz CT molecular complexity index is 2010. The van der Waals surface area contributed by atoms with Gasteiger partial charge in [-0.15, -0.1) is 0 Å². The number of ether oxygens (including phenoxy) is 3. The first-order valence-electron chi connectivity index (χ1n) is 13.6. The predicted molar refractivity (Wildman–Crippen MR) is 173 cm³/mol. The minimum absolute atomic E-state index is 0.249. The van der Waals surface area contributed by atoms with Gasteiger partial charge < -0.3 is 14.2 Å². The van der Waals surface area contributed by atoms with E-state index >= 15 is 0 Å². The summed E-state index contributed by atoms with van der Waals surface area (Å²) in [4.78, 5) is 32.7. The lowest BCUT2D eigenvalue weighted by Crippen LogP contribution is -2.40. The van der Waals surface area contributed by atoms with Crippen LogP contribution in [0.4, 0.5) is 0 Å². The number of thiazole rings is 1. The number of carbonyl (C=O) groups is 1. The second-order valence-corrected chi connectivity index (χ2v) is 12.6. The van der Waals surface area contributed by atoms with E-state index in [-0.39, 0.29) is 23.8 Å². The first-order valence-corrected chi connectivity index (χ1v) is 15.6. The molecule has 1 aliphatic heterocycles. The van der Waals surface area contributed by atoms with E-state index in [4.69, 9.17) is 31.1 Å². The number of fused-ring (bicyclic) bond motifs is 1. The fourth-order valence-corrected chi connectivity index (χ4v) is 6.41. The molecule has 0 radical (unpaired) electrons. The molecule has 0 fully saturated rings. The molecule has 0 amide bonds. The Kier molecular flexibility index (Phi) is 9.39. The number of esters is 1. The quantitative estimate of drug-likeness (QED) is 0.208. The number of allylic oxidation sites excluding steroid dienone is 1. The molecule has 0 aliphatic carbocycles. The van der Waals surface area contributed by atoms with Crippen LogP contribution in [-0.4, -0.2) is 23.8 Å². The third kappa shape index (κ3) is 6.50. The normalized spacial score (nSPS) is 14.6. The number of methoxy groups -OCH3 is 1. The number of hydrogen-bond donors (Lipinski definition) is 0. The first-order chi connectivity index (χ1) is 21.1. The van der Waals surface area contributed by atoms with Crippen molar-refractivity contribution in [1.29, 1.82) is 5.26 Å². The summed E-state index contributed by atoms with van der Waals surface area (Å²) < 4.78 is 20.0. The molecule has 0 bridgehead atoms. The first kappa shape index (κ1) is 31.3. The van der Waals surface area contributed by atoms with E-state index in [9.17, 15) is 9.59 Å². The van der Waals surface area contributed by atoms with Gasteiger partial charge in [0.15, 0.2) is 4.80 Å². The van der Waals surface area contributed by atoms with Crippen LogP contribution in [0.2, 0.25) is 5.02 Å². The molecule has 0 N–H and O–H groups in total. The lowest BCUT2D eigenvalue weighted by Gasteiger charge is -2.26. The number of benzene rings is 3. The molecule has 5 rings (SSSR count). The maximum absolute atomic E-state index is 14.2. The van der Waals surface area contributed by atoms with E-state index in [0.717, 1.165) is 10.0 Å². The summed E-state index contributed by atoms with van der Waals surface area (Å²) in [5.41, 5.74) is 3.00. The van der Waals surface area contributed by atoms with Crippen molar-refractivity contribution in [2.75, 3.05) is 7.11 Å². The summed E-state index contributed by atoms with van der Waals surface area (Å²) in [7, 11) is 1.54. The van der Waals surface area contributed by atoms with Crippen LogP contribution in [0.1, 0.15) is 49.1 Å². The van der Waals surface area contributed by atoms with Crippen molar-refractivity contribution < 1.29 is 19.0 Å². The number of nitriles is 1. The number of rotatable bonds is 8. The van der Waals surface area contributed by atoms with Gasteiger partial charge >= 0.3 is 5.97 Å². The molecule has 224 valence electrons. The van der Waals surface area contributed by atoms with E-state index in [1.54, 1.807) is 63.2 Å². The van der Waals surface area contributed by atoms with E-state index in [1.165, 1.54) is 23.0 Å². The lowest BCUT2D eigenvalue weighted by atomic mass is 9.95. The van der Waals surface area contributed by atoms with Crippen LogP contribution in [0.3, 0.4) is 0 Å². The Labute approximate surface area is 271 Å². The van der Waals surface area contributed by atoms with Crippen LogP contribution < -0.4 is 24.4 Å². The largest absolute Gasteiger partial charge is 0.496 e. The van der Waals surface area contributed by atoms with Crippen molar-refractivity contribution in [2.45, 2.75) is 39.5 Å². The molecule has 44 heavy (non-hydrogen) atoms. The van der Waals surface area contributed by atoms with Gasteiger partial charge in [0, 0.05) is 20.6 Å². The maximum atomic E-state index is 14.2. The van der Waals surface area contributed by atoms with Crippen molar-refractivity contribution in [1.82, 2.24) is 4.57 Å². The summed E-state index contributed by atoms with van der Waals surface area (Å²) in [6, 6.07) is 19.0. The van der Waals surface area contributed by atoms with Gasteiger partial charge in [-0.1, -0.05) is 51.0 Å². The van der Waals surface area contributed by atoms with Crippen LogP contribution in [0, 0.1) is 11.3 Å². The molecule has 8 nitrogen and oxygen atoms in total. The summed E-state index contributed by atoms with van der Waals surface area (Å²) in [6.07, 6.45) is 1.34. The van der Waals surface area contributed by atoms with E-state index in [2.05, 4.69) is 27.0 Å². The van der Waals surface area contributed by atoms with Gasteiger partial charge in [0.2, 0.25) is 0 Å². The molecule has 11 heteroatoms. The van der Waals surface area contributed by atoms with Gasteiger partial charge in [-0.2, -0.15) is 5.26 Å². The molecule has 2 heterocycles. The Morgan fingerprint density at radius 3 is 2.57 bits per heavy atom. The number of nitrogens with zero attached hydrogens (tertiary/aromatic N) is 3. The summed E-state index contributed by atoms with van der Waals surface area (Å²) >= 11 is 11.1. The minimum atomic E-state index is -0.849. The Balaban J connectivity index is 1.64. The zero-order valence-corrected chi connectivity index (χ0v) is 27.4. The fourth-order valence-electron chi connectivity index (χ4n) is 4.81. The zero-order valence-electron chi connectivity index (χ0n) is 24.3. The minimum Gasteiger partial charge on any atom is -0.496 e.